The lowest BCUT2D eigenvalue weighted by atomic mass is 10.2. The zero-order chi connectivity index (χ0) is 13.0. The number of hydrogen-bond donors (Lipinski definition) is 0. The third kappa shape index (κ3) is 3.40. The van der Waals surface area contributed by atoms with Crippen LogP contribution < -0.4 is 0 Å². The van der Waals surface area contributed by atoms with Crippen LogP contribution in [-0.4, -0.2) is 15.9 Å². The Morgan fingerprint density at radius 3 is 2.72 bits per heavy atom. The van der Waals surface area contributed by atoms with E-state index in [1.807, 2.05) is 12.1 Å². The molecule has 0 aliphatic heterocycles. The van der Waals surface area contributed by atoms with Crippen molar-refractivity contribution >= 4 is 17.4 Å². The standard InChI is InChI=1S/C13H13ClN2O2/c1-9(17)3-2-4-12-15-13(16-18-12)10-5-7-11(14)8-6-10/h5-8H,2-4H2,1H3. The van der Waals surface area contributed by atoms with Crippen LogP contribution in [-0.2, 0) is 11.2 Å². The highest BCUT2D eigenvalue weighted by atomic mass is 35.5. The van der Waals surface area contributed by atoms with Gasteiger partial charge in [0.1, 0.15) is 5.78 Å². The van der Waals surface area contributed by atoms with E-state index in [9.17, 15) is 4.79 Å². The van der Waals surface area contributed by atoms with E-state index in [2.05, 4.69) is 10.1 Å². The molecule has 1 heterocycles. The molecular weight excluding hydrogens is 252 g/mol. The molecule has 0 amide bonds. The molecule has 5 heteroatoms. The first-order valence-electron chi connectivity index (χ1n) is 5.73. The zero-order valence-electron chi connectivity index (χ0n) is 10.0. The summed E-state index contributed by atoms with van der Waals surface area (Å²) >= 11 is 5.81. The average Bonchev–Trinajstić information content (AvgIpc) is 2.78. The highest BCUT2D eigenvalue weighted by Gasteiger charge is 2.08. The summed E-state index contributed by atoms with van der Waals surface area (Å²) < 4.78 is 5.13. The van der Waals surface area contributed by atoms with Crippen molar-refractivity contribution in [3.63, 3.8) is 0 Å². The fraction of sp³-hybridized carbons (Fsp3) is 0.308. The lowest BCUT2D eigenvalue weighted by Gasteiger charge is -1.93. The van der Waals surface area contributed by atoms with Crippen LogP contribution in [0.2, 0.25) is 5.02 Å². The molecule has 0 aliphatic carbocycles. The SMILES string of the molecule is CC(=O)CCCc1nc(-c2ccc(Cl)cc2)no1. The van der Waals surface area contributed by atoms with E-state index in [1.165, 1.54) is 0 Å². The lowest BCUT2D eigenvalue weighted by molar-refractivity contribution is -0.117. The minimum atomic E-state index is 0.174. The van der Waals surface area contributed by atoms with Crippen molar-refractivity contribution in [3.8, 4) is 11.4 Å². The Kier molecular flexibility index (Phi) is 4.10. The zero-order valence-corrected chi connectivity index (χ0v) is 10.8. The smallest absolute Gasteiger partial charge is 0.226 e. The molecule has 2 rings (SSSR count). The van der Waals surface area contributed by atoms with E-state index in [1.54, 1.807) is 19.1 Å². The second-order valence-corrected chi connectivity index (χ2v) is 4.51. The van der Waals surface area contributed by atoms with Gasteiger partial charge in [-0.2, -0.15) is 4.98 Å². The Morgan fingerprint density at radius 2 is 2.06 bits per heavy atom. The number of ketones is 1. The van der Waals surface area contributed by atoms with E-state index in [4.69, 9.17) is 16.1 Å². The van der Waals surface area contributed by atoms with Crippen LogP contribution in [0.15, 0.2) is 28.8 Å². The maximum absolute atomic E-state index is 10.8. The number of carbonyl (C=O) groups is 1. The number of aryl methyl sites for hydroxylation is 1. The van der Waals surface area contributed by atoms with Gasteiger partial charge in [0.25, 0.3) is 0 Å². The van der Waals surface area contributed by atoms with Gasteiger partial charge in [0, 0.05) is 23.4 Å². The van der Waals surface area contributed by atoms with Gasteiger partial charge in [0.2, 0.25) is 11.7 Å². The summed E-state index contributed by atoms with van der Waals surface area (Å²) in [6.07, 6.45) is 1.90. The first-order valence-corrected chi connectivity index (χ1v) is 6.11. The molecule has 94 valence electrons. The van der Waals surface area contributed by atoms with E-state index in [0.29, 0.717) is 29.6 Å². The molecule has 4 nitrogen and oxygen atoms in total. The van der Waals surface area contributed by atoms with Crippen LogP contribution in [0.4, 0.5) is 0 Å². The predicted molar refractivity (Wildman–Crippen MR) is 68.4 cm³/mol. The summed E-state index contributed by atoms with van der Waals surface area (Å²) in [5.41, 5.74) is 0.862. The van der Waals surface area contributed by atoms with Crippen LogP contribution in [0.1, 0.15) is 25.7 Å². The Balaban J connectivity index is 2.01. The molecule has 0 spiro atoms. The molecule has 2 aromatic rings. The van der Waals surface area contributed by atoms with Crippen molar-refractivity contribution in [3.05, 3.63) is 35.2 Å². The van der Waals surface area contributed by atoms with Crippen molar-refractivity contribution in [2.24, 2.45) is 0 Å². The number of aromatic nitrogens is 2. The molecule has 0 fully saturated rings. The number of nitrogens with zero attached hydrogens (tertiary/aromatic N) is 2. The molecule has 1 aromatic heterocycles. The fourth-order valence-corrected chi connectivity index (χ4v) is 1.69. The van der Waals surface area contributed by atoms with Gasteiger partial charge in [-0.3, -0.25) is 0 Å². The van der Waals surface area contributed by atoms with Crippen LogP contribution >= 0.6 is 11.6 Å². The van der Waals surface area contributed by atoms with Gasteiger partial charge >= 0.3 is 0 Å². The largest absolute Gasteiger partial charge is 0.339 e. The van der Waals surface area contributed by atoms with Crippen molar-refractivity contribution in [2.45, 2.75) is 26.2 Å². The highest BCUT2D eigenvalue weighted by Crippen LogP contribution is 2.19. The lowest BCUT2D eigenvalue weighted by Crippen LogP contribution is -1.92. The molecule has 0 atom stereocenters. The minimum absolute atomic E-state index is 0.174. The monoisotopic (exact) mass is 264 g/mol. The fourth-order valence-electron chi connectivity index (χ4n) is 1.56. The summed E-state index contributed by atoms with van der Waals surface area (Å²) in [5.74, 6) is 1.28. The second-order valence-electron chi connectivity index (χ2n) is 4.07. The number of hydrogen-bond acceptors (Lipinski definition) is 4. The average molecular weight is 265 g/mol. The molecule has 18 heavy (non-hydrogen) atoms. The van der Waals surface area contributed by atoms with Gasteiger partial charge in [-0.1, -0.05) is 16.8 Å². The molecule has 0 saturated carbocycles. The molecule has 0 aliphatic rings. The number of Topliss-reactive ketones (excluding diaryl/α,β-unsaturated/α-hetero) is 1. The first kappa shape index (κ1) is 12.8. The normalized spacial score (nSPS) is 10.6. The summed E-state index contributed by atoms with van der Waals surface area (Å²) in [6, 6.07) is 7.24. The molecule has 0 radical (unpaired) electrons. The summed E-state index contributed by atoms with van der Waals surface area (Å²) in [6.45, 7) is 1.58. The van der Waals surface area contributed by atoms with Gasteiger partial charge in [0.15, 0.2) is 0 Å². The Morgan fingerprint density at radius 1 is 1.33 bits per heavy atom. The molecule has 0 N–H and O–H groups in total. The van der Waals surface area contributed by atoms with E-state index < -0.39 is 0 Å². The summed E-state index contributed by atoms with van der Waals surface area (Å²) in [5, 5.41) is 4.57. The van der Waals surface area contributed by atoms with Crippen molar-refractivity contribution in [1.82, 2.24) is 10.1 Å². The van der Waals surface area contributed by atoms with Gasteiger partial charge in [-0.05, 0) is 37.6 Å². The third-order valence-corrected chi connectivity index (χ3v) is 2.74. The Bertz CT molecular complexity index is 534. The van der Waals surface area contributed by atoms with E-state index >= 15 is 0 Å². The third-order valence-electron chi connectivity index (χ3n) is 2.49. The minimum Gasteiger partial charge on any atom is -0.339 e. The van der Waals surface area contributed by atoms with Gasteiger partial charge < -0.3 is 9.32 Å². The van der Waals surface area contributed by atoms with E-state index in [-0.39, 0.29) is 5.78 Å². The second kappa shape index (κ2) is 5.78. The van der Waals surface area contributed by atoms with Gasteiger partial charge in [0.05, 0.1) is 0 Å². The van der Waals surface area contributed by atoms with Crippen LogP contribution in [0.5, 0.6) is 0 Å². The quantitative estimate of drug-likeness (QED) is 0.831. The molecular formula is C13H13ClN2O2. The number of halogens is 1. The molecule has 0 bridgehead atoms. The number of benzene rings is 1. The Hall–Kier alpha value is -1.68. The maximum atomic E-state index is 10.8. The van der Waals surface area contributed by atoms with Crippen molar-refractivity contribution < 1.29 is 9.32 Å². The molecule has 0 unspecified atom stereocenters. The maximum Gasteiger partial charge on any atom is 0.226 e. The molecule has 1 aromatic carbocycles. The topological polar surface area (TPSA) is 56.0 Å². The first-order chi connectivity index (χ1) is 8.65. The van der Waals surface area contributed by atoms with Gasteiger partial charge in [-0.15, -0.1) is 0 Å². The molecule has 0 saturated heterocycles. The van der Waals surface area contributed by atoms with Crippen molar-refractivity contribution in [2.75, 3.05) is 0 Å². The van der Waals surface area contributed by atoms with Gasteiger partial charge in [-0.25, -0.2) is 0 Å². The summed E-state index contributed by atoms with van der Waals surface area (Å²) in [7, 11) is 0. The Labute approximate surface area is 110 Å². The van der Waals surface area contributed by atoms with Crippen LogP contribution in [0.3, 0.4) is 0 Å². The van der Waals surface area contributed by atoms with Crippen molar-refractivity contribution in [1.29, 1.82) is 0 Å². The van der Waals surface area contributed by atoms with Crippen LogP contribution in [0.25, 0.3) is 11.4 Å². The predicted octanol–water partition coefficient (Wildman–Crippen LogP) is 3.30. The number of carbonyl (C=O) groups excluding carboxylic acids is 1. The van der Waals surface area contributed by atoms with E-state index in [0.717, 1.165) is 12.0 Å². The number of rotatable bonds is 5. The summed E-state index contributed by atoms with van der Waals surface area (Å²) in [4.78, 5) is 15.1. The van der Waals surface area contributed by atoms with Crippen LogP contribution in [0, 0.1) is 0 Å². The highest BCUT2D eigenvalue weighted by molar-refractivity contribution is 6.30.